The van der Waals surface area contributed by atoms with Crippen LogP contribution in [0.4, 0.5) is 5.95 Å². The lowest BCUT2D eigenvalue weighted by Crippen LogP contribution is -1.95. The third kappa shape index (κ3) is 2.11. The highest BCUT2D eigenvalue weighted by molar-refractivity contribution is 5.60. The second kappa shape index (κ2) is 4.06. The fraction of sp³-hybridized carbons (Fsp3) is 0.0909. The predicted molar refractivity (Wildman–Crippen MR) is 57.8 cm³/mol. The lowest BCUT2D eigenvalue weighted by atomic mass is 10.1. The minimum atomic E-state index is 0.0222. The molecule has 0 atom stereocenters. The van der Waals surface area contributed by atoms with Gasteiger partial charge in [0.25, 0.3) is 0 Å². The molecule has 0 aliphatic carbocycles. The van der Waals surface area contributed by atoms with Crippen LogP contribution in [0.3, 0.4) is 0 Å². The molecule has 76 valence electrons. The van der Waals surface area contributed by atoms with Gasteiger partial charge < -0.3 is 10.8 Å². The van der Waals surface area contributed by atoms with Crippen molar-refractivity contribution in [2.45, 2.75) is 6.61 Å². The van der Waals surface area contributed by atoms with E-state index in [9.17, 15) is 0 Å². The van der Waals surface area contributed by atoms with Crippen LogP contribution in [0, 0.1) is 0 Å². The topological polar surface area (TPSA) is 72.0 Å². The van der Waals surface area contributed by atoms with Crippen molar-refractivity contribution in [1.82, 2.24) is 9.97 Å². The van der Waals surface area contributed by atoms with Crippen molar-refractivity contribution < 1.29 is 5.11 Å². The molecule has 1 heterocycles. The number of anilines is 1. The molecule has 0 aliphatic rings. The number of aromatic nitrogens is 2. The second-order valence-corrected chi connectivity index (χ2v) is 3.16. The molecule has 0 unspecified atom stereocenters. The van der Waals surface area contributed by atoms with Gasteiger partial charge in [-0.05, 0) is 17.7 Å². The number of nitrogen functional groups attached to an aromatic ring is 1. The van der Waals surface area contributed by atoms with Crippen LogP contribution in [0.25, 0.3) is 11.3 Å². The maximum Gasteiger partial charge on any atom is 0.220 e. The Labute approximate surface area is 87.4 Å². The Bertz CT molecular complexity index is 471. The SMILES string of the molecule is Nc1nccc(-c2cccc(CO)c2)n1. The molecule has 2 rings (SSSR count). The smallest absolute Gasteiger partial charge is 0.220 e. The summed E-state index contributed by atoms with van der Waals surface area (Å²) in [4.78, 5) is 7.93. The molecule has 0 saturated carbocycles. The number of nitrogens with two attached hydrogens (primary N) is 1. The normalized spacial score (nSPS) is 10.2. The average molecular weight is 201 g/mol. The van der Waals surface area contributed by atoms with E-state index in [0.717, 1.165) is 16.8 Å². The van der Waals surface area contributed by atoms with Gasteiger partial charge in [-0.25, -0.2) is 9.97 Å². The van der Waals surface area contributed by atoms with Gasteiger partial charge in [-0.1, -0.05) is 18.2 Å². The first kappa shape index (κ1) is 9.61. The molecule has 0 saturated heterocycles. The summed E-state index contributed by atoms with van der Waals surface area (Å²) in [5.74, 6) is 0.252. The highest BCUT2D eigenvalue weighted by Gasteiger charge is 2.00. The number of hydrogen-bond acceptors (Lipinski definition) is 4. The lowest BCUT2D eigenvalue weighted by molar-refractivity contribution is 0.282. The number of nitrogens with zero attached hydrogens (tertiary/aromatic N) is 2. The minimum absolute atomic E-state index is 0.0222. The molecular formula is C11H11N3O. The van der Waals surface area contributed by atoms with Crippen molar-refractivity contribution in [3.8, 4) is 11.3 Å². The molecule has 0 radical (unpaired) electrons. The predicted octanol–water partition coefficient (Wildman–Crippen LogP) is 1.22. The molecule has 15 heavy (non-hydrogen) atoms. The van der Waals surface area contributed by atoms with Crippen molar-refractivity contribution in [1.29, 1.82) is 0 Å². The highest BCUT2D eigenvalue weighted by Crippen LogP contribution is 2.18. The maximum absolute atomic E-state index is 9.01. The fourth-order valence-electron chi connectivity index (χ4n) is 1.36. The summed E-state index contributed by atoms with van der Waals surface area (Å²) in [6, 6.07) is 9.31. The molecule has 1 aromatic heterocycles. The van der Waals surface area contributed by atoms with Crippen LogP contribution in [0.15, 0.2) is 36.5 Å². The minimum Gasteiger partial charge on any atom is -0.392 e. The molecule has 0 aliphatic heterocycles. The molecule has 4 heteroatoms. The second-order valence-electron chi connectivity index (χ2n) is 3.16. The summed E-state index contributed by atoms with van der Waals surface area (Å²) in [5.41, 5.74) is 8.03. The number of benzene rings is 1. The summed E-state index contributed by atoms with van der Waals surface area (Å²) >= 11 is 0. The van der Waals surface area contributed by atoms with Crippen molar-refractivity contribution in [3.63, 3.8) is 0 Å². The summed E-state index contributed by atoms with van der Waals surface area (Å²) in [6.45, 7) is 0.0222. The molecular weight excluding hydrogens is 190 g/mol. The van der Waals surface area contributed by atoms with Crippen molar-refractivity contribution in [2.75, 3.05) is 5.73 Å². The molecule has 1 aromatic carbocycles. The molecule has 0 fully saturated rings. The highest BCUT2D eigenvalue weighted by atomic mass is 16.3. The standard InChI is InChI=1S/C11H11N3O/c12-11-13-5-4-10(14-11)9-3-1-2-8(6-9)7-15/h1-6,15H,7H2,(H2,12,13,14). The molecule has 0 spiro atoms. The van der Waals surface area contributed by atoms with Gasteiger partial charge in [-0.15, -0.1) is 0 Å². The van der Waals surface area contributed by atoms with Crippen molar-refractivity contribution in [2.24, 2.45) is 0 Å². The Morgan fingerprint density at radius 1 is 1.27 bits per heavy atom. The maximum atomic E-state index is 9.01. The Balaban J connectivity index is 2.44. The van der Waals surface area contributed by atoms with E-state index in [1.165, 1.54) is 0 Å². The monoisotopic (exact) mass is 201 g/mol. The average Bonchev–Trinajstić information content (AvgIpc) is 2.29. The van der Waals surface area contributed by atoms with E-state index in [1.54, 1.807) is 12.3 Å². The first-order valence-corrected chi connectivity index (χ1v) is 4.58. The first-order valence-electron chi connectivity index (χ1n) is 4.58. The van der Waals surface area contributed by atoms with Gasteiger partial charge in [-0.2, -0.15) is 0 Å². The Hall–Kier alpha value is -1.94. The molecule has 2 aromatic rings. The third-order valence-corrected chi connectivity index (χ3v) is 2.08. The Kier molecular flexibility index (Phi) is 2.60. The van der Waals surface area contributed by atoms with E-state index in [0.29, 0.717) is 0 Å². The number of hydrogen-bond donors (Lipinski definition) is 2. The molecule has 0 amide bonds. The molecule has 4 nitrogen and oxygen atoms in total. The van der Waals surface area contributed by atoms with Crippen LogP contribution in [-0.4, -0.2) is 15.1 Å². The van der Waals surface area contributed by atoms with Gasteiger partial charge in [0.2, 0.25) is 5.95 Å². The zero-order chi connectivity index (χ0) is 10.7. The molecule has 0 bridgehead atoms. The van der Waals surface area contributed by atoms with Crippen LogP contribution < -0.4 is 5.73 Å². The zero-order valence-electron chi connectivity index (χ0n) is 8.09. The van der Waals surface area contributed by atoms with Gasteiger partial charge in [-0.3, -0.25) is 0 Å². The van der Waals surface area contributed by atoms with E-state index >= 15 is 0 Å². The fourth-order valence-corrected chi connectivity index (χ4v) is 1.36. The number of aliphatic hydroxyl groups excluding tert-OH is 1. The summed E-state index contributed by atoms with van der Waals surface area (Å²) in [5, 5.41) is 9.01. The third-order valence-electron chi connectivity index (χ3n) is 2.08. The van der Waals surface area contributed by atoms with E-state index in [1.807, 2.05) is 24.3 Å². The van der Waals surface area contributed by atoms with Crippen LogP contribution in [0.1, 0.15) is 5.56 Å². The van der Waals surface area contributed by atoms with Crippen LogP contribution in [0.2, 0.25) is 0 Å². The van der Waals surface area contributed by atoms with Gasteiger partial charge in [0.05, 0.1) is 12.3 Å². The van der Waals surface area contributed by atoms with Gasteiger partial charge >= 0.3 is 0 Å². The van der Waals surface area contributed by atoms with Crippen LogP contribution in [0.5, 0.6) is 0 Å². The summed E-state index contributed by atoms with van der Waals surface area (Å²) < 4.78 is 0. The largest absolute Gasteiger partial charge is 0.392 e. The van der Waals surface area contributed by atoms with E-state index in [-0.39, 0.29) is 12.6 Å². The van der Waals surface area contributed by atoms with Crippen molar-refractivity contribution in [3.05, 3.63) is 42.1 Å². The summed E-state index contributed by atoms with van der Waals surface area (Å²) in [7, 11) is 0. The Morgan fingerprint density at radius 3 is 2.87 bits per heavy atom. The van der Waals surface area contributed by atoms with E-state index < -0.39 is 0 Å². The summed E-state index contributed by atoms with van der Waals surface area (Å²) in [6.07, 6.45) is 1.61. The number of aliphatic hydroxyl groups is 1. The van der Waals surface area contributed by atoms with E-state index in [2.05, 4.69) is 9.97 Å². The quantitative estimate of drug-likeness (QED) is 0.766. The van der Waals surface area contributed by atoms with Crippen molar-refractivity contribution >= 4 is 5.95 Å². The lowest BCUT2D eigenvalue weighted by Gasteiger charge is -2.02. The van der Waals surface area contributed by atoms with E-state index in [4.69, 9.17) is 10.8 Å². The zero-order valence-corrected chi connectivity index (χ0v) is 8.09. The van der Waals surface area contributed by atoms with Gasteiger partial charge in [0, 0.05) is 11.8 Å². The van der Waals surface area contributed by atoms with Crippen LogP contribution >= 0.6 is 0 Å². The number of rotatable bonds is 2. The van der Waals surface area contributed by atoms with Gasteiger partial charge in [0.1, 0.15) is 0 Å². The van der Waals surface area contributed by atoms with Gasteiger partial charge in [0.15, 0.2) is 0 Å². The molecule has 3 N–H and O–H groups in total. The Morgan fingerprint density at radius 2 is 2.13 bits per heavy atom. The van der Waals surface area contributed by atoms with Crippen LogP contribution in [-0.2, 0) is 6.61 Å². The first-order chi connectivity index (χ1) is 7.29.